The lowest BCUT2D eigenvalue weighted by atomic mass is 10.1. The maximum atomic E-state index is 12.1. The van der Waals surface area contributed by atoms with Gasteiger partial charge in [0, 0.05) is 23.4 Å². The Balaban J connectivity index is 2.29. The molecule has 19 heavy (non-hydrogen) atoms. The minimum atomic E-state index is -0.0873. The van der Waals surface area contributed by atoms with Gasteiger partial charge in [0.25, 0.3) is 5.56 Å². The van der Waals surface area contributed by atoms with E-state index in [9.17, 15) is 4.79 Å². The van der Waals surface area contributed by atoms with E-state index in [4.69, 9.17) is 0 Å². The fourth-order valence-corrected chi connectivity index (χ4v) is 2.18. The predicted octanol–water partition coefficient (Wildman–Crippen LogP) is 2.81. The molecule has 0 unspecified atom stereocenters. The summed E-state index contributed by atoms with van der Waals surface area (Å²) in [7, 11) is 0. The molecule has 0 saturated carbocycles. The van der Waals surface area contributed by atoms with Crippen LogP contribution in [-0.4, -0.2) is 14.6 Å². The Hall–Kier alpha value is -2.36. The molecule has 0 radical (unpaired) electrons. The highest BCUT2D eigenvalue weighted by molar-refractivity contribution is 5.62. The SMILES string of the molecule is CC(C)c1c[nH]n2c(=O)cc(-c3ccccc3)nc12. The van der Waals surface area contributed by atoms with Gasteiger partial charge >= 0.3 is 0 Å². The van der Waals surface area contributed by atoms with E-state index < -0.39 is 0 Å². The lowest BCUT2D eigenvalue weighted by molar-refractivity contribution is 0.870. The number of nitrogens with one attached hydrogen (secondary N) is 1. The molecule has 0 aliphatic carbocycles. The van der Waals surface area contributed by atoms with Crippen molar-refractivity contribution < 1.29 is 0 Å². The summed E-state index contributed by atoms with van der Waals surface area (Å²) in [6, 6.07) is 11.3. The van der Waals surface area contributed by atoms with Crippen molar-refractivity contribution in [3.63, 3.8) is 0 Å². The topological polar surface area (TPSA) is 50.2 Å². The van der Waals surface area contributed by atoms with Gasteiger partial charge < -0.3 is 0 Å². The molecule has 0 saturated heterocycles. The minimum Gasteiger partial charge on any atom is -0.297 e. The van der Waals surface area contributed by atoms with Crippen molar-refractivity contribution in [2.75, 3.05) is 0 Å². The Morgan fingerprint density at radius 3 is 2.63 bits per heavy atom. The number of aromatic nitrogens is 3. The van der Waals surface area contributed by atoms with Crippen LogP contribution in [-0.2, 0) is 0 Å². The maximum Gasteiger partial charge on any atom is 0.273 e. The third kappa shape index (κ3) is 1.95. The van der Waals surface area contributed by atoms with Crippen molar-refractivity contribution >= 4 is 5.65 Å². The Morgan fingerprint density at radius 1 is 1.21 bits per heavy atom. The van der Waals surface area contributed by atoms with Crippen LogP contribution in [0.1, 0.15) is 25.3 Å². The predicted molar refractivity (Wildman–Crippen MR) is 75.3 cm³/mol. The van der Waals surface area contributed by atoms with Crippen molar-refractivity contribution in [1.82, 2.24) is 14.6 Å². The van der Waals surface area contributed by atoms with Crippen molar-refractivity contribution in [1.29, 1.82) is 0 Å². The van der Waals surface area contributed by atoms with E-state index in [0.717, 1.165) is 11.1 Å². The summed E-state index contributed by atoms with van der Waals surface area (Å²) >= 11 is 0. The molecule has 3 aromatic rings. The molecular formula is C15H15N3O. The highest BCUT2D eigenvalue weighted by Gasteiger charge is 2.12. The minimum absolute atomic E-state index is 0.0873. The second kappa shape index (κ2) is 4.39. The van der Waals surface area contributed by atoms with Crippen LogP contribution in [0.2, 0.25) is 0 Å². The average molecular weight is 253 g/mol. The zero-order valence-electron chi connectivity index (χ0n) is 10.9. The Bertz CT molecular complexity index is 769. The van der Waals surface area contributed by atoms with Crippen LogP contribution in [0.15, 0.2) is 47.4 Å². The fourth-order valence-electron chi connectivity index (χ4n) is 2.18. The normalized spacial score (nSPS) is 11.3. The molecule has 0 fully saturated rings. The zero-order valence-corrected chi connectivity index (χ0v) is 10.9. The summed E-state index contributed by atoms with van der Waals surface area (Å²) in [5, 5.41) is 2.96. The van der Waals surface area contributed by atoms with Gasteiger partial charge in [-0.3, -0.25) is 9.89 Å². The van der Waals surface area contributed by atoms with Gasteiger partial charge in [-0.05, 0) is 5.92 Å². The average Bonchev–Trinajstić information content (AvgIpc) is 2.84. The largest absolute Gasteiger partial charge is 0.297 e. The van der Waals surface area contributed by atoms with Gasteiger partial charge in [-0.25, -0.2) is 9.50 Å². The van der Waals surface area contributed by atoms with Gasteiger partial charge in [0.15, 0.2) is 5.65 Å². The van der Waals surface area contributed by atoms with Crippen LogP contribution in [0.4, 0.5) is 0 Å². The van der Waals surface area contributed by atoms with Gasteiger partial charge in [0.1, 0.15) is 0 Å². The van der Waals surface area contributed by atoms with E-state index in [1.165, 1.54) is 4.52 Å². The molecule has 0 amide bonds. The van der Waals surface area contributed by atoms with Crippen LogP contribution in [0.25, 0.3) is 16.9 Å². The molecule has 4 nitrogen and oxygen atoms in total. The second-order valence-electron chi connectivity index (χ2n) is 4.89. The molecule has 96 valence electrons. The zero-order chi connectivity index (χ0) is 13.4. The summed E-state index contributed by atoms with van der Waals surface area (Å²) in [5.74, 6) is 0.319. The van der Waals surface area contributed by atoms with Crippen molar-refractivity contribution in [2.24, 2.45) is 0 Å². The highest BCUT2D eigenvalue weighted by Crippen LogP contribution is 2.20. The number of aromatic amines is 1. The third-order valence-corrected chi connectivity index (χ3v) is 3.22. The molecule has 2 aromatic heterocycles. The number of nitrogens with zero attached hydrogens (tertiary/aromatic N) is 2. The second-order valence-corrected chi connectivity index (χ2v) is 4.89. The fraction of sp³-hybridized carbons (Fsp3) is 0.200. The maximum absolute atomic E-state index is 12.1. The third-order valence-electron chi connectivity index (χ3n) is 3.22. The van der Waals surface area contributed by atoms with Crippen LogP contribution >= 0.6 is 0 Å². The Labute approximate surface area is 110 Å². The van der Waals surface area contributed by atoms with E-state index in [0.29, 0.717) is 17.3 Å². The first kappa shape index (κ1) is 11.7. The molecule has 0 aliphatic rings. The van der Waals surface area contributed by atoms with Gasteiger partial charge in [-0.2, -0.15) is 0 Å². The summed E-state index contributed by atoms with van der Waals surface area (Å²) in [5.41, 5.74) is 3.34. The van der Waals surface area contributed by atoms with Gasteiger partial charge in [0.05, 0.1) is 5.69 Å². The van der Waals surface area contributed by atoms with Crippen molar-refractivity contribution in [3.8, 4) is 11.3 Å². The quantitative estimate of drug-likeness (QED) is 0.763. The van der Waals surface area contributed by atoms with E-state index in [1.54, 1.807) is 6.07 Å². The monoisotopic (exact) mass is 253 g/mol. The number of hydrogen-bond donors (Lipinski definition) is 1. The summed E-state index contributed by atoms with van der Waals surface area (Å²) in [6.45, 7) is 4.18. The van der Waals surface area contributed by atoms with E-state index in [1.807, 2.05) is 36.5 Å². The number of benzene rings is 1. The number of H-pyrrole nitrogens is 1. The van der Waals surface area contributed by atoms with E-state index in [2.05, 4.69) is 23.9 Å². The summed E-state index contributed by atoms with van der Waals surface area (Å²) in [4.78, 5) is 16.7. The summed E-state index contributed by atoms with van der Waals surface area (Å²) < 4.78 is 1.49. The van der Waals surface area contributed by atoms with E-state index in [-0.39, 0.29) is 5.56 Å². The first-order valence-corrected chi connectivity index (χ1v) is 6.33. The molecule has 4 heteroatoms. The van der Waals surface area contributed by atoms with Gasteiger partial charge in [0.2, 0.25) is 0 Å². The Morgan fingerprint density at radius 2 is 1.95 bits per heavy atom. The molecular weight excluding hydrogens is 238 g/mol. The lowest BCUT2D eigenvalue weighted by Gasteiger charge is -2.04. The van der Waals surface area contributed by atoms with Crippen LogP contribution in [0, 0.1) is 0 Å². The van der Waals surface area contributed by atoms with E-state index >= 15 is 0 Å². The van der Waals surface area contributed by atoms with Crippen LogP contribution < -0.4 is 5.56 Å². The summed E-state index contributed by atoms with van der Waals surface area (Å²) in [6.07, 6.45) is 1.85. The van der Waals surface area contributed by atoms with Crippen LogP contribution in [0.5, 0.6) is 0 Å². The molecule has 0 aliphatic heterocycles. The van der Waals surface area contributed by atoms with Crippen molar-refractivity contribution in [2.45, 2.75) is 19.8 Å². The molecule has 1 aromatic carbocycles. The molecule has 2 heterocycles. The Kier molecular flexibility index (Phi) is 2.71. The smallest absolute Gasteiger partial charge is 0.273 e. The first-order valence-electron chi connectivity index (χ1n) is 6.33. The van der Waals surface area contributed by atoms with Crippen LogP contribution in [0.3, 0.4) is 0 Å². The van der Waals surface area contributed by atoms with Crippen molar-refractivity contribution in [3.05, 3.63) is 58.5 Å². The molecule has 0 bridgehead atoms. The van der Waals surface area contributed by atoms with Gasteiger partial charge in [-0.15, -0.1) is 0 Å². The number of hydrogen-bond acceptors (Lipinski definition) is 2. The van der Waals surface area contributed by atoms with Gasteiger partial charge in [-0.1, -0.05) is 44.2 Å². The molecule has 0 atom stereocenters. The number of rotatable bonds is 2. The standard InChI is InChI=1S/C15H15N3O/c1-10(2)12-9-16-18-14(19)8-13(17-15(12)18)11-6-4-3-5-7-11/h3-10,16H,1-2H3. The highest BCUT2D eigenvalue weighted by atomic mass is 16.1. The first-order chi connectivity index (χ1) is 9.16. The number of fused-ring (bicyclic) bond motifs is 1. The molecule has 0 spiro atoms. The molecule has 3 rings (SSSR count). The lowest BCUT2D eigenvalue weighted by Crippen LogP contribution is -2.14. The molecule has 1 N–H and O–H groups in total.